The molecule has 0 atom stereocenters. The van der Waals surface area contributed by atoms with Gasteiger partial charge in [0.15, 0.2) is 0 Å². The molecule has 0 spiro atoms. The number of thioether (sulfide) groups is 1. The Balaban J connectivity index is 2.28. The molecule has 1 aromatic rings. The second kappa shape index (κ2) is 7.34. The third-order valence-corrected chi connectivity index (χ3v) is 3.03. The van der Waals surface area contributed by atoms with Crippen LogP contribution in [0.3, 0.4) is 0 Å². The van der Waals surface area contributed by atoms with Gasteiger partial charge in [0.2, 0.25) is 0 Å². The zero-order chi connectivity index (χ0) is 11.8. The van der Waals surface area contributed by atoms with Gasteiger partial charge in [-0.1, -0.05) is 12.1 Å². The van der Waals surface area contributed by atoms with Crippen molar-refractivity contribution in [1.82, 2.24) is 0 Å². The van der Waals surface area contributed by atoms with Crippen LogP contribution in [0.4, 0.5) is 0 Å². The van der Waals surface area contributed by atoms with Crippen molar-refractivity contribution in [2.24, 2.45) is 0 Å². The number of hydrogen-bond acceptors (Lipinski definition) is 3. The van der Waals surface area contributed by atoms with E-state index in [0.29, 0.717) is 13.0 Å². The second-order valence-corrected chi connectivity index (χ2v) is 4.51. The maximum absolute atomic E-state index is 10.7. The van der Waals surface area contributed by atoms with E-state index >= 15 is 0 Å². The summed E-state index contributed by atoms with van der Waals surface area (Å²) in [6.07, 6.45) is 4.55. The van der Waals surface area contributed by atoms with Crippen molar-refractivity contribution in [3.63, 3.8) is 0 Å². The maximum atomic E-state index is 10.7. The normalized spacial score (nSPS) is 10.1. The molecule has 0 saturated carbocycles. The summed E-state index contributed by atoms with van der Waals surface area (Å²) in [6.45, 7) is 2.31. The highest BCUT2D eigenvalue weighted by atomic mass is 32.2. The summed E-state index contributed by atoms with van der Waals surface area (Å²) < 4.78 is 5.68. The number of carbonyl (C=O) groups excluding carboxylic acids is 1. The van der Waals surface area contributed by atoms with E-state index in [1.54, 1.807) is 18.7 Å². The van der Waals surface area contributed by atoms with Gasteiger partial charge < -0.3 is 9.53 Å². The lowest BCUT2D eigenvalue weighted by molar-refractivity contribution is -0.117. The van der Waals surface area contributed by atoms with Crippen molar-refractivity contribution in [3.05, 3.63) is 24.3 Å². The summed E-state index contributed by atoms with van der Waals surface area (Å²) in [5, 5.41) is 0. The van der Waals surface area contributed by atoms with Crippen molar-refractivity contribution in [2.75, 3.05) is 12.9 Å². The summed E-state index contributed by atoms with van der Waals surface area (Å²) in [4.78, 5) is 11.9. The topological polar surface area (TPSA) is 26.3 Å². The Hall–Kier alpha value is -0.960. The quantitative estimate of drug-likeness (QED) is 0.537. The standard InChI is InChI=1S/C13H18O2S/c1-11(14)7-5-6-10-15-12-8-3-4-9-13(12)16-2/h3-4,8-9H,5-7,10H2,1-2H3. The highest BCUT2D eigenvalue weighted by Gasteiger charge is 2.01. The van der Waals surface area contributed by atoms with Crippen molar-refractivity contribution in [2.45, 2.75) is 31.1 Å². The average molecular weight is 238 g/mol. The van der Waals surface area contributed by atoms with E-state index in [1.165, 1.54) is 0 Å². The highest BCUT2D eigenvalue weighted by Crippen LogP contribution is 2.26. The van der Waals surface area contributed by atoms with E-state index in [0.717, 1.165) is 23.5 Å². The fraction of sp³-hybridized carbons (Fsp3) is 0.462. The first-order chi connectivity index (χ1) is 7.74. The molecule has 0 amide bonds. The largest absolute Gasteiger partial charge is 0.492 e. The van der Waals surface area contributed by atoms with Crippen LogP contribution >= 0.6 is 11.8 Å². The van der Waals surface area contributed by atoms with Gasteiger partial charge in [0, 0.05) is 11.3 Å². The molecule has 0 unspecified atom stereocenters. The van der Waals surface area contributed by atoms with E-state index in [-0.39, 0.29) is 5.78 Å². The van der Waals surface area contributed by atoms with Crippen LogP contribution in [0, 0.1) is 0 Å². The average Bonchev–Trinajstić information content (AvgIpc) is 2.29. The van der Waals surface area contributed by atoms with Crippen molar-refractivity contribution < 1.29 is 9.53 Å². The lowest BCUT2D eigenvalue weighted by atomic mass is 10.2. The number of carbonyl (C=O) groups is 1. The van der Waals surface area contributed by atoms with Gasteiger partial charge in [-0.05, 0) is 38.2 Å². The van der Waals surface area contributed by atoms with Crippen LogP contribution in [0.2, 0.25) is 0 Å². The van der Waals surface area contributed by atoms with E-state index in [2.05, 4.69) is 6.07 Å². The Kier molecular flexibility index (Phi) is 6.01. The number of para-hydroxylation sites is 1. The molecule has 2 nitrogen and oxygen atoms in total. The highest BCUT2D eigenvalue weighted by molar-refractivity contribution is 7.98. The van der Waals surface area contributed by atoms with Crippen molar-refractivity contribution in [1.29, 1.82) is 0 Å². The fourth-order valence-electron chi connectivity index (χ4n) is 1.40. The third kappa shape index (κ3) is 4.71. The monoisotopic (exact) mass is 238 g/mol. The van der Waals surface area contributed by atoms with Crippen LogP contribution in [-0.2, 0) is 4.79 Å². The van der Waals surface area contributed by atoms with E-state index < -0.39 is 0 Å². The van der Waals surface area contributed by atoms with Crippen molar-refractivity contribution >= 4 is 17.5 Å². The molecule has 0 aliphatic rings. The second-order valence-electron chi connectivity index (χ2n) is 3.66. The molecular weight excluding hydrogens is 220 g/mol. The van der Waals surface area contributed by atoms with Gasteiger partial charge >= 0.3 is 0 Å². The van der Waals surface area contributed by atoms with Gasteiger partial charge in [0.05, 0.1) is 6.61 Å². The molecule has 0 fully saturated rings. The maximum Gasteiger partial charge on any atom is 0.132 e. The van der Waals surface area contributed by atoms with Crippen LogP contribution in [0.1, 0.15) is 26.2 Å². The number of Topliss-reactive ketones (excluding diaryl/α,β-unsaturated/α-hetero) is 1. The zero-order valence-corrected chi connectivity index (χ0v) is 10.7. The molecule has 0 bridgehead atoms. The molecular formula is C13H18O2S. The number of hydrogen-bond donors (Lipinski definition) is 0. The number of rotatable bonds is 7. The number of ketones is 1. The van der Waals surface area contributed by atoms with Crippen molar-refractivity contribution in [3.8, 4) is 5.75 Å². The summed E-state index contributed by atoms with van der Waals surface area (Å²) in [7, 11) is 0. The van der Waals surface area contributed by atoms with Gasteiger partial charge in [-0.3, -0.25) is 0 Å². The first-order valence-corrected chi connectivity index (χ1v) is 6.71. The molecule has 88 valence electrons. The predicted molar refractivity (Wildman–Crippen MR) is 68.3 cm³/mol. The van der Waals surface area contributed by atoms with Gasteiger partial charge in [-0.25, -0.2) is 0 Å². The van der Waals surface area contributed by atoms with E-state index in [9.17, 15) is 4.79 Å². The first-order valence-electron chi connectivity index (χ1n) is 5.49. The summed E-state index contributed by atoms with van der Waals surface area (Å²) in [6, 6.07) is 8.02. The molecule has 0 heterocycles. The smallest absolute Gasteiger partial charge is 0.132 e. The summed E-state index contributed by atoms with van der Waals surface area (Å²) in [5.41, 5.74) is 0. The molecule has 0 aromatic heterocycles. The molecule has 1 aromatic carbocycles. The molecule has 0 aliphatic heterocycles. The molecule has 16 heavy (non-hydrogen) atoms. The third-order valence-electron chi connectivity index (χ3n) is 2.25. The van der Waals surface area contributed by atoms with Gasteiger partial charge in [-0.2, -0.15) is 0 Å². The zero-order valence-electron chi connectivity index (χ0n) is 9.86. The minimum Gasteiger partial charge on any atom is -0.492 e. The molecule has 1 rings (SSSR count). The predicted octanol–water partition coefficient (Wildman–Crippen LogP) is 3.55. The van der Waals surface area contributed by atoms with Gasteiger partial charge in [0.25, 0.3) is 0 Å². The summed E-state index contributed by atoms with van der Waals surface area (Å²) >= 11 is 1.68. The molecule has 0 N–H and O–H groups in total. The van der Waals surface area contributed by atoms with E-state index in [1.807, 2.05) is 24.5 Å². The fourth-order valence-corrected chi connectivity index (χ4v) is 1.94. The van der Waals surface area contributed by atoms with Gasteiger partial charge in [0.1, 0.15) is 11.5 Å². The lowest BCUT2D eigenvalue weighted by Crippen LogP contribution is -1.99. The number of ether oxygens (including phenoxy) is 1. The van der Waals surface area contributed by atoms with Crippen LogP contribution in [0.5, 0.6) is 5.75 Å². The first kappa shape index (κ1) is 13.1. The number of unbranched alkanes of at least 4 members (excludes halogenated alkanes) is 1. The Labute approximate surface area is 101 Å². The van der Waals surface area contributed by atoms with Crippen LogP contribution < -0.4 is 4.74 Å². The molecule has 0 aliphatic carbocycles. The number of benzene rings is 1. The molecule has 3 heteroatoms. The lowest BCUT2D eigenvalue weighted by Gasteiger charge is -2.09. The minimum atomic E-state index is 0.254. The SMILES string of the molecule is CSc1ccccc1OCCCCC(C)=O. The Bertz CT molecular complexity index is 336. The molecule has 0 saturated heterocycles. The summed E-state index contributed by atoms with van der Waals surface area (Å²) in [5.74, 6) is 1.20. The van der Waals surface area contributed by atoms with Crippen LogP contribution in [0.15, 0.2) is 29.2 Å². The molecule has 0 radical (unpaired) electrons. The van der Waals surface area contributed by atoms with Crippen LogP contribution in [-0.4, -0.2) is 18.6 Å². The Morgan fingerprint density at radius 3 is 2.75 bits per heavy atom. The Morgan fingerprint density at radius 2 is 2.06 bits per heavy atom. The van der Waals surface area contributed by atoms with E-state index in [4.69, 9.17) is 4.74 Å². The Morgan fingerprint density at radius 1 is 1.31 bits per heavy atom. The van der Waals surface area contributed by atoms with Gasteiger partial charge in [-0.15, -0.1) is 11.8 Å². The van der Waals surface area contributed by atoms with Crippen LogP contribution in [0.25, 0.3) is 0 Å². The minimum absolute atomic E-state index is 0.254.